The number of rotatable bonds is 9. The van der Waals surface area contributed by atoms with Gasteiger partial charge in [-0.1, -0.05) is 29.2 Å². The Bertz CT molecular complexity index is 900. The molecular weight excluding hydrogens is 413 g/mol. The molecule has 1 heterocycles. The highest BCUT2D eigenvalue weighted by atomic mass is 32.2. The standard InChI is InChI=1S/C15H18FN5O3S3/c1-4-9-25-15-19-18-14(26-15)17-13(22)10-21(27(23,24)20(2)3)12-7-5-11(16)6-8-12/h4-8H,1,9-10H2,2-3H3,(H,17,18,22). The third kappa shape index (κ3) is 5.73. The molecule has 1 N–H and O–H groups in total. The Hall–Kier alpha value is -2.02. The van der Waals surface area contributed by atoms with Crippen molar-refractivity contribution in [3.8, 4) is 0 Å². The summed E-state index contributed by atoms with van der Waals surface area (Å²) in [6.45, 7) is 3.11. The first-order chi connectivity index (χ1) is 12.7. The highest BCUT2D eigenvalue weighted by Gasteiger charge is 2.27. The van der Waals surface area contributed by atoms with Gasteiger partial charge in [0.25, 0.3) is 0 Å². The van der Waals surface area contributed by atoms with Crippen LogP contribution in [0.1, 0.15) is 0 Å². The average molecular weight is 432 g/mol. The van der Waals surface area contributed by atoms with Crippen molar-refractivity contribution in [3.63, 3.8) is 0 Å². The van der Waals surface area contributed by atoms with Crippen LogP contribution in [0.3, 0.4) is 0 Å². The molecule has 0 fully saturated rings. The first kappa shape index (κ1) is 21.3. The molecular formula is C15H18FN5O3S3. The van der Waals surface area contributed by atoms with Crippen LogP contribution >= 0.6 is 23.1 Å². The Balaban J connectivity index is 2.17. The van der Waals surface area contributed by atoms with Crippen LogP contribution in [-0.4, -0.2) is 55.2 Å². The van der Waals surface area contributed by atoms with Crippen molar-refractivity contribution in [3.05, 3.63) is 42.7 Å². The molecule has 27 heavy (non-hydrogen) atoms. The molecule has 2 rings (SSSR count). The van der Waals surface area contributed by atoms with Gasteiger partial charge in [0.2, 0.25) is 11.0 Å². The highest BCUT2D eigenvalue weighted by molar-refractivity contribution is 8.01. The first-order valence-electron chi connectivity index (χ1n) is 7.57. The molecule has 146 valence electrons. The maximum atomic E-state index is 13.2. The van der Waals surface area contributed by atoms with Gasteiger partial charge in [-0.15, -0.1) is 16.8 Å². The van der Waals surface area contributed by atoms with Crippen molar-refractivity contribution in [2.45, 2.75) is 4.34 Å². The molecule has 1 amide bonds. The Morgan fingerprint density at radius 2 is 2.00 bits per heavy atom. The van der Waals surface area contributed by atoms with E-state index in [4.69, 9.17) is 0 Å². The van der Waals surface area contributed by atoms with Crippen LogP contribution in [0, 0.1) is 5.82 Å². The number of nitrogens with zero attached hydrogens (tertiary/aromatic N) is 4. The minimum Gasteiger partial charge on any atom is -0.299 e. The minimum absolute atomic E-state index is 0.166. The van der Waals surface area contributed by atoms with Crippen LogP contribution in [0.15, 0.2) is 41.3 Å². The summed E-state index contributed by atoms with van der Waals surface area (Å²) in [7, 11) is -1.27. The summed E-state index contributed by atoms with van der Waals surface area (Å²) >= 11 is 2.59. The topological polar surface area (TPSA) is 95.5 Å². The number of nitrogens with one attached hydrogen (secondary N) is 1. The number of halogens is 1. The van der Waals surface area contributed by atoms with E-state index < -0.39 is 28.5 Å². The summed E-state index contributed by atoms with van der Waals surface area (Å²) in [6, 6.07) is 4.83. The molecule has 0 saturated carbocycles. The van der Waals surface area contributed by atoms with E-state index in [9.17, 15) is 17.6 Å². The third-order valence-corrected chi connectivity index (χ3v) is 6.91. The van der Waals surface area contributed by atoms with E-state index in [1.807, 2.05) is 0 Å². The van der Waals surface area contributed by atoms with Crippen LogP contribution in [0.5, 0.6) is 0 Å². The quantitative estimate of drug-likeness (QED) is 0.372. The SMILES string of the molecule is C=CCSc1nnc(NC(=O)CN(c2ccc(F)cc2)S(=O)(=O)N(C)C)s1. The fraction of sp³-hybridized carbons (Fsp3) is 0.267. The molecule has 0 radical (unpaired) electrons. The maximum absolute atomic E-state index is 13.2. The number of thioether (sulfide) groups is 1. The van der Waals surface area contributed by atoms with Gasteiger partial charge in [-0.25, -0.2) is 8.70 Å². The minimum atomic E-state index is -3.96. The third-order valence-electron chi connectivity index (χ3n) is 3.12. The number of hydrogen-bond donors (Lipinski definition) is 1. The van der Waals surface area contributed by atoms with Gasteiger partial charge in [0.05, 0.1) is 5.69 Å². The number of benzene rings is 1. The molecule has 0 aliphatic rings. The van der Waals surface area contributed by atoms with E-state index in [2.05, 4.69) is 22.1 Å². The fourth-order valence-corrected chi connectivity index (χ4v) is 4.44. The van der Waals surface area contributed by atoms with E-state index in [0.29, 0.717) is 10.1 Å². The number of hydrogen-bond acceptors (Lipinski definition) is 7. The lowest BCUT2D eigenvalue weighted by Crippen LogP contribution is -2.44. The van der Waals surface area contributed by atoms with Gasteiger partial charge in [-0.05, 0) is 24.3 Å². The molecule has 12 heteroatoms. The first-order valence-corrected chi connectivity index (χ1v) is 10.8. The zero-order valence-corrected chi connectivity index (χ0v) is 17.1. The molecule has 0 aliphatic carbocycles. The molecule has 2 aromatic rings. The van der Waals surface area contributed by atoms with Gasteiger partial charge in [0, 0.05) is 19.8 Å². The predicted molar refractivity (Wildman–Crippen MR) is 106 cm³/mol. The molecule has 1 aromatic heterocycles. The Morgan fingerprint density at radius 1 is 1.33 bits per heavy atom. The van der Waals surface area contributed by atoms with Gasteiger partial charge in [-0.3, -0.25) is 10.1 Å². The molecule has 1 aromatic carbocycles. The van der Waals surface area contributed by atoms with Gasteiger partial charge >= 0.3 is 10.2 Å². The van der Waals surface area contributed by atoms with Crippen LogP contribution in [0.2, 0.25) is 0 Å². The van der Waals surface area contributed by atoms with Crippen molar-refractivity contribution < 1.29 is 17.6 Å². The van der Waals surface area contributed by atoms with E-state index in [-0.39, 0.29) is 10.8 Å². The smallest absolute Gasteiger partial charge is 0.299 e. The van der Waals surface area contributed by atoms with Crippen molar-refractivity contribution in [2.75, 3.05) is 36.0 Å². The largest absolute Gasteiger partial charge is 0.304 e. The normalized spacial score (nSPS) is 11.4. The zero-order valence-electron chi connectivity index (χ0n) is 14.6. The summed E-state index contributed by atoms with van der Waals surface area (Å²) in [4.78, 5) is 12.4. The number of aromatic nitrogens is 2. The summed E-state index contributed by atoms with van der Waals surface area (Å²) < 4.78 is 40.8. The van der Waals surface area contributed by atoms with Gasteiger partial charge in [0.15, 0.2) is 4.34 Å². The predicted octanol–water partition coefficient (Wildman–Crippen LogP) is 2.21. The van der Waals surface area contributed by atoms with Crippen molar-refractivity contribution in [1.29, 1.82) is 0 Å². The summed E-state index contributed by atoms with van der Waals surface area (Å²) in [6.07, 6.45) is 1.72. The Kier molecular flexibility index (Phi) is 7.30. The lowest BCUT2D eigenvalue weighted by Gasteiger charge is -2.26. The molecule has 0 unspecified atom stereocenters. The number of anilines is 2. The highest BCUT2D eigenvalue weighted by Crippen LogP contribution is 2.25. The van der Waals surface area contributed by atoms with Crippen LogP contribution in [-0.2, 0) is 15.0 Å². The van der Waals surface area contributed by atoms with Crippen molar-refractivity contribution >= 4 is 50.0 Å². The second-order valence-electron chi connectivity index (χ2n) is 5.29. The lowest BCUT2D eigenvalue weighted by molar-refractivity contribution is -0.114. The number of carbonyl (C=O) groups excluding carboxylic acids is 1. The van der Waals surface area contributed by atoms with Crippen molar-refractivity contribution in [1.82, 2.24) is 14.5 Å². The second-order valence-corrected chi connectivity index (χ2v) is 9.61. The lowest BCUT2D eigenvalue weighted by atomic mass is 10.3. The van der Waals surface area contributed by atoms with Gasteiger partial charge in [0.1, 0.15) is 12.4 Å². The van der Waals surface area contributed by atoms with E-state index >= 15 is 0 Å². The van der Waals surface area contributed by atoms with E-state index in [1.54, 1.807) is 6.08 Å². The monoisotopic (exact) mass is 431 g/mol. The molecule has 0 saturated heterocycles. The van der Waals surface area contributed by atoms with Gasteiger partial charge < -0.3 is 0 Å². The van der Waals surface area contributed by atoms with Gasteiger partial charge in [-0.2, -0.15) is 12.7 Å². The molecule has 0 spiro atoms. The van der Waals surface area contributed by atoms with Crippen LogP contribution in [0.25, 0.3) is 0 Å². The van der Waals surface area contributed by atoms with Crippen LogP contribution < -0.4 is 9.62 Å². The fourth-order valence-electron chi connectivity index (χ4n) is 1.85. The number of amides is 1. The Labute approximate surface area is 165 Å². The maximum Gasteiger partial charge on any atom is 0.304 e. The zero-order chi connectivity index (χ0) is 20.0. The molecule has 8 nitrogen and oxygen atoms in total. The molecule has 0 aliphatic heterocycles. The number of carbonyl (C=O) groups is 1. The van der Waals surface area contributed by atoms with Crippen LogP contribution in [0.4, 0.5) is 15.2 Å². The van der Waals surface area contributed by atoms with Crippen molar-refractivity contribution in [2.24, 2.45) is 0 Å². The summed E-state index contributed by atoms with van der Waals surface area (Å²) in [5.41, 5.74) is 0.166. The molecule has 0 bridgehead atoms. The summed E-state index contributed by atoms with van der Waals surface area (Å²) in [5.74, 6) is -0.452. The Morgan fingerprint density at radius 3 is 2.59 bits per heavy atom. The van der Waals surface area contributed by atoms with E-state index in [1.165, 1.54) is 49.3 Å². The molecule has 0 atom stereocenters. The second kappa shape index (κ2) is 9.26. The average Bonchev–Trinajstić information content (AvgIpc) is 3.05. The summed E-state index contributed by atoms with van der Waals surface area (Å²) in [5, 5.41) is 10.6. The van der Waals surface area contributed by atoms with E-state index in [0.717, 1.165) is 20.7 Å².